The Bertz CT molecular complexity index is 1590. The first-order valence-corrected chi connectivity index (χ1v) is 43.9. The second kappa shape index (κ2) is 75.9. The number of rotatable bonds is 81. The quantitative estimate of drug-likeness (QED) is 0.0211. The van der Waals surface area contributed by atoms with Gasteiger partial charge < -0.3 is 18.9 Å². The minimum absolute atomic E-state index is 0.0370. The van der Waals surface area contributed by atoms with Crippen molar-refractivity contribution in [3.63, 3.8) is 0 Å². The van der Waals surface area contributed by atoms with E-state index in [1.54, 1.807) is 0 Å². The molecular weight excluding hydrogens is 1180 g/mol. The number of quaternary nitrogens is 1. The smallest absolute Gasteiger partial charge is 0.462 e. The molecule has 0 aliphatic carbocycles. The molecule has 0 amide bonds. The number of nitrogens with zero attached hydrogens (tertiary/aromatic N) is 1. The monoisotopic (exact) mass is 1350 g/mol. The van der Waals surface area contributed by atoms with Gasteiger partial charge in [-0.1, -0.05) is 424 Å². The van der Waals surface area contributed by atoms with Gasteiger partial charge in [0, 0.05) is 12.8 Å². The van der Waals surface area contributed by atoms with Crippen LogP contribution in [0, 0.1) is 0 Å². The normalized spacial score (nSPS) is 13.0. The van der Waals surface area contributed by atoms with Gasteiger partial charge in [0.1, 0.15) is 19.8 Å². The highest BCUT2D eigenvalue weighted by molar-refractivity contribution is 7.47. The Balaban J connectivity index is 3.86. The van der Waals surface area contributed by atoms with Crippen molar-refractivity contribution in [3.8, 4) is 0 Å². The van der Waals surface area contributed by atoms with E-state index in [1.165, 1.54) is 398 Å². The van der Waals surface area contributed by atoms with Gasteiger partial charge in [0.25, 0.3) is 0 Å². The molecule has 0 fully saturated rings. The van der Waals surface area contributed by atoms with Crippen molar-refractivity contribution < 1.29 is 42.1 Å². The molecule has 2 atom stereocenters. The van der Waals surface area contributed by atoms with Crippen molar-refractivity contribution in [1.82, 2.24) is 0 Å². The van der Waals surface area contributed by atoms with Crippen molar-refractivity contribution >= 4 is 19.8 Å². The van der Waals surface area contributed by atoms with Crippen LogP contribution in [0.5, 0.6) is 0 Å². The maximum Gasteiger partial charge on any atom is 0.472 e. The van der Waals surface area contributed by atoms with Gasteiger partial charge in [-0.2, -0.15) is 0 Å². The number of phosphoric acid groups is 1. The Morgan fingerprint density at radius 3 is 0.787 bits per heavy atom. The summed E-state index contributed by atoms with van der Waals surface area (Å²) in [4.78, 5) is 36.0. The van der Waals surface area contributed by atoms with Crippen molar-refractivity contribution in [2.75, 3.05) is 47.5 Å². The number of phosphoric ester groups is 1. The Hall–Kier alpha value is -1.25. The molecule has 0 aliphatic rings. The summed E-state index contributed by atoms with van der Waals surface area (Å²) >= 11 is 0. The number of allylic oxidation sites excluding steroid dienone is 2. The maximum atomic E-state index is 12.9. The summed E-state index contributed by atoms with van der Waals surface area (Å²) in [6, 6.07) is 0. The van der Waals surface area contributed by atoms with E-state index in [2.05, 4.69) is 26.0 Å². The van der Waals surface area contributed by atoms with E-state index in [4.69, 9.17) is 18.5 Å². The SMILES string of the molecule is CCCCCCCCCC/C=C\CCCCCCCCCCCCCCCCCCCCCCCC(=O)OC(COC(=O)CCCCCCCCCCCCCCCCCCCCCCCCCCCCCCCCCCCCCCC)COP(=O)(O)OCC[N+](C)(C)C. The van der Waals surface area contributed by atoms with Crippen LogP contribution in [-0.4, -0.2) is 74.9 Å². The molecule has 0 saturated heterocycles. The van der Waals surface area contributed by atoms with Crippen LogP contribution in [0.2, 0.25) is 0 Å². The first kappa shape index (κ1) is 92.8. The Morgan fingerprint density at radius 2 is 0.543 bits per heavy atom. The molecule has 10 heteroatoms. The van der Waals surface area contributed by atoms with Crippen LogP contribution >= 0.6 is 7.82 Å². The lowest BCUT2D eigenvalue weighted by Crippen LogP contribution is -2.37. The lowest BCUT2D eigenvalue weighted by Gasteiger charge is -2.24. The molecule has 0 aliphatic heterocycles. The van der Waals surface area contributed by atoms with Crippen LogP contribution in [-0.2, 0) is 32.7 Å². The number of carbonyl (C=O) groups excluding carboxylic acids is 2. The third-order valence-corrected chi connectivity index (χ3v) is 20.8. The summed E-state index contributed by atoms with van der Waals surface area (Å²) in [6.07, 6.45) is 96.8. The number of hydrogen-bond donors (Lipinski definition) is 1. The predicted octanol–water partition coefficient (Wildman–Crippen LogP) is 28.2. The molecule has 0 aromatic carbocycles. The Labute approximate surface area is 587 Å². The van der Waals surface area contributed by atoms with E-state index in [0.29, 0.717) is 17.4 Å². The van der Waals surface area contributed by atoms with Crippen LogP contribution in [0.4, 0.5) is 0 Å². The third-order valence-electron chi connectivity index (χ3n) is 19.8. The van der Waals surface area contributed by atoms with E-state index in [-0.39, 0.29) is 25.6 Å². The van der Waals surface area contributed by atoms with E-state index in [0.717, 1.165) is 38.5 Å². The summed E-state index contributed by atoms with van der Waals surface area (Å²) in [5.74, 6) is -0.765. The molecule has 0 aromatic heterocycles. The zero-order chi connectivity index (χ0) is 68.3. The summed E-state index contributed by atoms with van der Waals surface area (Å²) < 4.78 is 34.9. The van der Waals surface area contributed by atoms with Crippen LogP contribution in [0.15, 0.2) is 12.2 Å². The van der Waals surface area contributed by atoms with Gasteiger partial charge in [-0.05, 0) is 38.5 Å². The van der Waals surface area contributed by atoms with E-state index in [1.807, 2.05) is 21.1 Å². The molecule has 0 radical (unpaired) electrons. The molecule has 0 heterocycles. The topological polar surface area (TPSA) is 108 Å². The zero-order valence-electron chi connectivity index (χ0n) is 64.3. The first-order chi connectivity index (χ1) is 46.0. The fraction of sp³-hybridized carbons (Fsp3) is 0.952. The Morgan fingerprint density at radius 1 is 0.319 bits per heavy atom. The minimum Gasteiger partial charge on any atom is -0.462 e. The molecule has 0 aromatic rings. The van der Waals surface area contributed by atoms with Crippen LogP contribution in [0.3, 0.4) is 0 Å². The number of ether oxygens (including phenoxy) is 2. The standard InChI is InChI=1S/C84H166NO8P/c1-6-8-10-12-14-16-18-20-22-24-26-28-30-32-34-36-38-40-41-42-43-45-46-48-50-52-54-56-58-60-62-64-66-68-70-72-74-76-83(86)90-80-82(81-92-94(88,89)91-79-78-85(3,4)5)93-84(87)77-75-73-71-69-67-65-63-61-59-57-55-53-51-49-47-44-39-37-35-33-31-29-27-25-23-21-19-17-15-13-11-9-7-2/h25,27,82H,6-24,26,28-81H2,1-5H3/p+1/b27-25-. The Kier molecular flexibility index (Phi) is 74.9. The largest absolute Gasteiger partial charge is 0.472 e. The van der Waals surface area contributed by atoms with Crippen LogP contribution in [0.25, 0.3) is 0 Å². The lowest BCUT2D eigenvalue weighted by molar-refractivity contribution is -0.870. The van der Waals surface area contributed by atoms with Crippen molar-refractivity contribution in [2.45, 2.75) is 469 Å². The number of hydrogen-bond acceptors (Lipinski definition) is 7. The first-order valence-electron chi connectivity index (χ1n) is 42.4. The summed E-state index contributed by atoms with van der Waals surface area (Å²) in [7, 11) is 1.51. The molecule has 0 bridgehead atoms. The molecule has 560 valence electrons. The molecule has 9 nitrogen and oxygen atoms in total. The molecule has 94 heavy (non-hydrogen) atoms. The highest BCUT2D eigenvalue weighted by atomic mass is 31.2. The molecule has 1 N–H and O–H groups in total. The van der Waals surface area contributed by atoms with Crippen LogP contribution < -0.4 is 0 Å². The van der Waals surface area contributed by atoms with Crippen molar-refractivity contribution in [2.24, 2.45) is 0 Å². The number of likely N-dealkylation sites (N-methyl/N-ethyl adjacent to an activating group) is 1. The van der Waals surface area contributed by atoms with E-state index < -0.39 is 26.5 Å². The average molecular weight is 1350 g/mol. The second-order valence-corrected chi connectivity index (χ2v) is 32.0. The highest BCUT2D eigenvalue weighted by Gasteiger charge is 2.27. The van der Waals surface area contributed by atoms with Gasteiger partial charge in [0.15, 0.2) is 6.10 Å². The molecule has 2 unspecified atom stereocenters. The van der Waals surface area contributed by atoms with Crippen molar-refractivity contribution in [3.05, 3.63) is 12.2 Å². The number of unbranched alkanes of at least 4 members (excludes halogenated alkanes) is 65. The van der Waals surface area contributed by atoms with Gasteiger partial charge in [0.05, 0.1) is 27.7 Å². The third kappa shape index (κ3) is 79.7. The van der Waals surface area contributed by atoms with Gasteiger partial charge in [0.2, 0.25) is 0 Å². The summed E-state index contributed by atoms with van der Waals surface area (Å²) in [5.41, 5.74) is 0. The highest BCUT2D eigenvalue weighted by Crippen LogP contribution is 2.43. The van der Waals surface area contributed by atoms with E-state index in [9.17, 15) is 19.0 Å². The van der Waals surface area contributed by atoms with Gasteiger partial charge in [-0.25, -0.2) is 4.57 Å². The number of esters is 2. The molecular formula is C84H167NO8P+. The second-order valence-electron chi connectivity index (χ2n) is 30.6. The van der Waals surface area contributed by atoms with Gasteiger partial charge >= 0.3 is 19.8 Å². The summed E-state index contributed by atoms with van der Waals surface area (Å²) in [6.45, 7) is 4.54. The zero-order valence-corrected chi connectivity index (χ0v) is 65.2. The van der Waals surface area contributed by atoms with Crippen LogP contribution in [0.1, 0.15) is 463 Å². The van der Waals surface area contributed by atoms with Gasteiger partial charge in [-0.3, -0.25) is 18.6 Å². The van der Waals surface area contributed by atoms with Gasteiger partial charge in [-0.15, -0.1) is 0 Å². The molecule has 0 spiro atoms. The van der Waals surface area contributed by atoms with E-state index >= 15 is 0 Å². The van der Waals surface area contributed by atoms with Crippen molar-refractivity contribution in [1.29, 1.82) is 0 Å². The maximum absolute atomic E-state index is 12.9. The minimum atomic E-state index is -4.39. The lowest BCUT2D eigenvalue weighted by atomic mass is 10.0. The molecule has 0 saturated carbocycles. The average Bonchev–Trinajstić information content (AvgIpc) is 1.56. The molecule has 0 rings (SSSR count). The fourth-order valence-electron chi connectivity index (χ4n) is 13.3. The summed E-state index contributed by atoms with van der Waals surface area (Å²) in [5, 5.41) is 0. The predicted molar refractivity (Wildman–Crippen MR) is 409 cm³/mol. The fourth-order valence-corrected chi connectivity index (χ4v) is 14.1. The number of carbonyl (C=O) groups is 2.